The molecule has 2 heterocycles. The Kier molecular flexibility index (Phi) is 46.9. The molecular formula is C62H84Br2N3NaO18. The molecule has 5 rings (SSSR count). The number of alkyl halides is 2. The van der Waals surface area contributed by atoms with Crippen LogP contribution in [0, 0.1) is 0 Å². The number of unbranched alkanes of at least 4 members (excludes halogenated alkanes) is 4. The van der Waals surface area contributed by atoms with E-state index in [0.29, 0.717) is 51.1 Å². The molecule has 24 heteroatoms. The third kappa shape index (κ3) is 32.4. The van der Waals surface area contributed by atoms with E-state index in [2.05, 4.69) is 46.8 Å². The monoisotopic (exact) mass is 1340 g/mol. The zero-order chi connectivity index (χ0) is 63.0. The Labute approximate surface area is 544 Å². The van der Waals surface area contributed by atoms with E-state index < -0.39 is 35.8 Å². The molecule has 0 saturated carbocycles. The van der Waals surface area contributed by atoms with E-state index in [1.54, 1.807) is 52.5 Å². The number of halogens is 2. The molecule has 470 valence electrons. The smallest absolute Gasteiger partial charge is 0.493 e. The van der Waals surface area contributed by atoms with Crippen LogP contribution in [0.25, 0.3) is 0 Å². The van der Waals surface area contributed by atoms with E-state index in [1.807, 2.05) is 45.9 Å². The minimum absolute atomic E-state index is 0. The average Bonchev–Trinajstić information content (AvgIpc) is 3.18. The van der Waals surface area contributed by atoms with Gasteiger partial charge in [-0.05, 0) is 115 Å². The Balaban J connectivity index is 0.00000115. The number of hydrogen-bond acceptors (Lipinski definition) is 18. The molecule has 0 saturated heterocycles. The van der Waals surface area contributed by atoms with Gasteiger partial charge in [0.2, 0.25) is 0 Å². The number of nitrogens with zero attached hydrogens (tertiary/aromatic N) is 3. The number of aromatic nitrogens is 3. The summed E-state index contributed by atoms with van der Waals surface area (Å²) in [6.07, 6.45) is 16.7. The van der Waals surface area contributed by atoms with Crippen molar-refractivity contribution in [1.29, 1.82) is 0 Å². The molecule has 0 aliphatic heterocycles. The van der Waals surface area contributed by atoms with Crippen LogP contribution in [0.1, 0.15) is 182 Å². The molecule has 0 atom stereocenters. The quantitative estimate of drug-likeness (QED) is 0.0127. The molecule has 0 spiro atoms. The van der Waals surface area contributed by atoms with Crippen LogP contribution in [0.3, 0.4) is 0 Å². The molecule has 86 heavy (non-hydrogen) atoms. The maximum atomic E-state index is 12.3. The van der Waals surface area contributed by atoms with E-state index >= 15 is 0 Å². The number of imidazole rings is 1. The summed E-state index contributed by atoms with van der Waals surface area (Å²) >= 11 is 6.66. The van der Waals surface area contributed by atoms with Crippen LogP contribution in [-0.2, 0) is 18.9 Å². The zero-order valence-corrected chi connectivity index (χ0v) is 56.3. The molecule has 0 bridgehead atoms. The molecule has 0 aliphatic carbocycles. The van der Waals surface area contributed by atoms with Gasteiger partial charge >= 0.3 is 65.4 Å². The first-order valence-corrected chi connectivity index (χ1v) is 30.7. The van der Waals surface area contributed by atoms with Crippen LogP contribution in [0.4, 0.5) is 0 Å². The van der Waals surface area contributed by atoms with Crippen molar-refractivity contribution in [2.75, 3.05) is 76.7 Å². The fourth-order valence-electron chi connectivity index (χ4n) is 6.49. The second-order valence-electron chi connectivity index (χ2n) is 17.4. The van der Waals surface area contributed by atoms with Gasteiger partial charge in [0.25, 0.3) is 0 Å². The van der Waals surface area contributed by atoms with E-state index in [-0.39, 0.29) is 112 Å². The van der Waals surface area contributed by atoms with Crippen molar-refractivity contribution < 1.29 is 116 Å². The van der Waals surface area contributed by atoms with Gasteiger partial charge in [0, 0.05) is 23.1 Å². The van der Waals surface area contributed by atoms with Crippen LogP contribution in [0.15, 0.2) is 85.7 Å². The molecule has 5 aromatic rings. The Morgan fingerprint density at radius 2 is 0.663 bits per heavy atom. The summed E-state index contributed by atoms with van der Waals surface area (Å²) in [5.41, 5.74) is 0.775. The van der Waals surface area contributed by atoms with Gasteiger partial charge in [0.15, 0.2) is 0 Å². The van der Waals surface area contributed by atoms with Crippen LogP contribution in [-0.4, -0.2) is 133 Å². The second-order valence-corrected chi connectivity index (χ2v) is 18.9. The Bertz CT molecular complexity index is 2370. The molecule has 3 aromatic carbocycles. The third-order valence-corrected chi connectivity index (χ3v) is 11.8. The summed E-state index contributed by atoms with van der Waals surface area (Å²) < 4.78 is 54.1. The largest absolute Gasteiger partial charge is 1.00 e. The predicted octanol–water partition coefficient (Wildman–Crippen LogP) is 10.3. The summed E-state index contributed by atoms with van der Waals surface area (Å²) in [6, 6.07) is 14.2. The minimum atomic E-state index is -1.18. The molecule has 2 N–H and O–H groups in total. The van der Waals surface area contributed by atoms with Crippen molar-refractivity contribution in [3.8, 4) is 34.5 Å². The first-order valence-electron chi connectivity index (χ1n) is 28.5. The summed E-state index contributed by atoms with van der Waals surface area (Å²) in [5, 5.41) is 20.1. The number of carbonyl (C=O) groups is 6. The predicted molar refractivity (Wildman–Crippen MR) is 328 cm³/mol. The Morgan fingerprint density at radius 1 is 0.395 bits per heavy atom. The minimum Gasteiger partial charge on any atom is -0.493 e. The topological polar surface area (TPSA) is 275 Å². The molecular weight excluding hydrogens is 1260 g/mol. The molecule has 2 aromatic heterocycles. The SMILES string of the molecule is CCCCOc1cc(C(=O)O)c(OCCCC)cc1C(=O)O.CCCCOc1cc(C(=O)OCC)c(OCCCC)cc1C(=O)OCC.CCOC(=O)c1cc(OCCCBr)c(C(=O)OCC)cc1OCCCBr.[Na+].c1c[n-]cn1.c1ccncc1. The van der Waals surface area contributed by atoms with Gasteiger partial charge in [-0.1, -0.05) is 110 Å². The first kappa shape index (κ1) is 79.6. The van der Waals surface area contributed by atoms with Gasteiger partial charge in [-0.2, -0.15) is 0 Å². The van der Waals surface area contributed by atoms with Crippen LogP contribution < -0.4 is 63.0 Å². The average molecular weight is 1340 g/mol. The summed E-state index contributed by atoms with van der Waals surface area (Å²) in [4.78, 5) is 82.9. The number of ether oxygens (including phenoxy) is 10. The zero-order valence-electron chi connectivity index (χ0n) is 51.2. The van der Waals surface area contributed by atoms with Crippen molar-refractivity contribution in [2.45, 2.75) is 120 Å². The van der Waals surface area contributed by atoms with Gasteiger partial charge in [0.1, 0.15) is 67.9 Å². The first-order chi connectivity index (χ1) is 41.2. The Morgan fingerprint density at radius 3 is 0.837 bits per heavy atom. The third-order valence-electron chi connectivity index (χ3n) is 10.7. The van der Waals surface area contributed by atoms with Crippen LogP contribution in [0.5, 0.6) is 34.5 Å². The maximum Gasteiger partial charge on any atom is 1.00 e. The number of hydrogen-bond donors (Lipinski definition) is 2. The van der Waals surface area contributed by atoms with Crippen molar-refractivity contribution in [3.63, 3.8) is 0 Å². The number of carboxylic acid groups (broad SMARTS) is 2. The van der Waals surface area contributed by atoms with Gasteiger partial charge < -0.3 is 67.5 Å². The standard InChI is InChI=1S/C20H30O6.C18H24Br2O6.C16H22O6.C5H5N.C3H3N2.Na/c1-5-9-11-25-17-13-16(20(22)24-8-4)18(26-12-10-6-2)14-15(17)19(21)23-7-3;1-3-23-17(21)13-11-16(26-10-6-8-20)14(18(22)24-4-2)12-15(13)25-9-5-7-19;1-3-5-7-21-13-9-12(16(19)20)14(22-8-6-4-2)10-11(13)15(17)18;1-2-4-6-5-3-1;1-2-5-3-4-1;/h13-14H,5-12H2,1-4H3;11-12H,3-10H2,1-2H3;9-10H,3-8H2,1-2H3,(H,17,18)(H,19,20);1-5H;1-3H;/q;;;;-1;+1. The van der Waals surface area contributed by atoms with E-state index in [0.717, 1.165) is 74.9 Å². The fraction of sp³-hybridized carbons (Fsp3) is 0.484. The molecule has 0 aliphatic rings. The summed E-state index contributed by atoms with van der Waals surface area (Å²) in [6.45, 7) is 18.3. The summed E-state index contributed by atoms with van der Waals surface area (Å²) in [5.74, 6) is -3.13. The van der Waals surface area contributed by atoms with Crippen LogP contribution >= 0.6 is 31.9 Å². The molecule has 21 nitrogen and oxygen atoms in total. The second kappa shape index (κ2) is 50.7. The number of benzene rings is 3. The fourth-order valence-corrected chi connectivity index (χ4v) is 6.95. The van der Waals surface area contributed by atoms with Crippen LogP contribution in [0.2, 0.25) is 0 Å². The normalized spacial score (nSPS) is 9.88. The number of aromatic carboxylic acids is 2. The number of carbonyl (C=O) groups excluding carboxylic acids is 4. The van der Waals surface area contributed by atoms with Gasteiger partial charge in [-0.3, -0.25) is 4.98 Å². The van der Waals surface area contributed by atoms with Crippen molar-refractivity contribution >= 4 is 67.7 Å². The van der Waals surface area contributed by atoms with Gasteiger partial charge in [0.05, 0.1) is 66.1 Å². The Hall–Kier alpha value is -6.40. The molecule has 0 unspecified atom stereocenters. The van der Waals surface area contributed by atoms with Crippen molar-refractivity contribution in [1.82, 2.24) is 15.0 Å². The van der Waals surface area contributed by atoms with E-state index in [4.69, 9.17) is 47.4 Å². The van der Waals surface area contributed by atoms with E-state index in [1.165, 1.54) is 42.7 Å². The molecule has 0 fully saturated rings. The van der Waals surface area contributed by atoms with Gasteiger partial charge in [-0.25, -0.2) is 28.8 Å². The maximum absolute atomic E-state index is 12.3. The molecule has 0 radical (unpaired) electrons. The van der Waals surface area contributed by atoms with Crippen molar-refractivity contribution in [3.05, 3.63) is 119 Å². The van der Waals surface area contributed by atoms with Crippen molar-refractivity contribution in [2.24, 2.45) is 0 Å². The number of rotatable bonds is 34. The number of carboxylic acids is 2. The summed E-state index contributed by atoms with van der Waals surface area (Å²) in [7, 11) is 0. The number of pyridine rings is 1. The number of esters is 4. The van der Waals surface area contributed by atoms with Gasteiger partial charge in [-0.15, -0.1) is 0 Å². The van der Waals surface area contributed by atoms with E-state index in [9.17, 15) is 39.0 Å². The molecule has 0 amide bonds.